The van der Waals surface area contributed by atoms with Crippen LogP contribution in [-0.4, -0.2) is 43.4 Å². The van der Waals surface area contributed by atoms with Gasteiger partial charge in [0.25, 0.3) is 5.91 Å². The molecule has 0 saturated heterocycles. The number of amides is 1. The van der Waals surface area contributed by atoms with Gasteiger partial charge in [-0.25, -0.2) is 15.2 Å². The summed E-state index contributed by atoms with van der Waals surface area (Å²) in [5, 5.41) is 10.1. The molecule has 0 bridgehead atoms. The van der Waals surface area contributed by atoms with Crippen LogP contribution in [-0.2, 0) is 9.53 Å². The number of halogens is 1. The highest BCUT2D eigenvalue weighted by Gasteiger charge is 2.14. The predicted molar refractivity (Wildman–Crippen MR) is 160 cm³/mol. The lowest BCUT2D eigenvalue weighted by Gasteiger charge is -2.13. The highest BCUT2D eigenvalue weighted by molar-refractivity contribution is 9.10. The van der Waals surface area contributed by atoms with Gasteiger partial charge in [0.2, 0.25) is 0 Å². The Bertz CT molecular complexity index is 1500. The molecule has 11 heteroatoms. The molecular weight excluding hydrogens is 596 g/mol. The number of nitrogens with one attached hydrogen (secondary N) is 2. The Morgan fingerprint density at radius 3 is 2.52 bits per heavy atom. The Morgan fingerprint density at radius 2 is 1.82 bits per heavy atom. The van der Waals surface area contributed by atoms with Crippen molar-refractivity contribution >= 4 is 56.2 Å². The molecule has 206 valence electrons. The average Bonchev–Trinajstić information content (AvgIpc) is 3.42. The first kappa shape index (κ1) is 28.8. The van der Waals surface area contributed by atoms with E-state index >= 15 is 0 Å². The lowest BCUT2D eigenvalue weighted by molar-refractivity contribution is -0.142. The lowest BCUT2D eigenvalue weighted by atomic mass is 10.1. The number of ether oxygens (including phenoxy) is 3. The quantitative estimate of drug-likeness (QED) is 0.114. The van der Waals surface area contributed by atoms with E-state index in [1.54, 1.807) is 24.3 Å². The van der Waals surface area contributed by atoms with Crippen LogP contribution in [0.15, 0.2) is 75.6 Å². The topological polar surface area (TPSA) is 111 Å². The number of carbonyl (C=O) groups is 2. The van der Waals surface area contributed by atoms with E-state index in [2.05, 4.69) is 41.5 Å². The molecule has 0 aliphatic carbocycles. The molecule has 0 aliphatic rings. The van der Waals surface area contributed by atoms with Gasteiger partial charge in [-0.3, -0.25) is 4.79 Å². The smallest absolute Gasteiger partial charge is 0.343 e. The van der Waals surface area contributed by atoms with Gasteiger partial charge < -0.3 is 19.5 Å². The summed E-state index contributed by atoms with van der Waals surface area (Å²) in [5.41, 5.74) is 7.53. The zero-order valence-corrected chi connectivity index (χ0v) is 24.5. The fourth-order valence-electron chi connectivity index (χ4n) is 3.50. The standard InChI is InChI=1S/C29H27BrN4O5S/c1-4-38-25-14-19(13-23(30)27(25)39-16-26(35)37-3)15-31-34-28(36)21-9-7-20(8-10-21)24-17-40-29(33-24)32-22-11-5-18(2)6-12-22/h5-15,17H,4,16H2,1-3H3,(H,32,33)(H,34,36)/b31-15-. The molecule has 2 N–H and O–H groups in total. The van der Waals surface area contributed by atoms with Crippen molar-refractivity contribution in [2.24, 2.45) is 5.10 Å². The Hall–Kier alpha value is -4.22. The minimum atomic E-state index is -0.512. The number of hydrazone groups is 1. The third-order valence-corrected chi connectivity index (χ3v) is 6.87. The predicted octanol–water partition coefficient (Wildman–Crippen LogP) is 6.34. The molecule has 0 unspecified atom stereocenters. The Balaban J connectivity index is 1.37. The lowest BCUT2D eigenvalue weighted by Crippen LogP contribution is -2.17. The fourth-order valence-corrected chi connectivity index (χ4v) is 4.82. The number of carbonyl (C=O) groups excluding carboxylic acids is 2. The van der Waals surface area contributed by atoms with E-state index in [-0.39, 0.29) is 12.5 Å². The maximum Gasteiger partial charge on any atom is 0.343 e. The second-order valence-corrected chi connectivity index (χ2v) is 10.1. The zero-order valence-electron chi connectivity index (χ0n) is 22.1. The second kappa shape index (κ2) is 13.7. The van der Waals surface area contributed by atoms with E-state index in [0.29, 0.717) is 33.7 Å². The largest absolute Gasteiger partial charge is 0.490 e. The van der Waals surface area contributed by atoms with Gasteiger partial charge >= 0.3 is 5.97 Å². The first-order valence-corrected chi connectivity index (χ1v) is 13.9. The van der Waals surface area contributed by atoms with Gasteiger partial charge in [0, 0.05) is 22.2 Å². The zero-order chi connectivity index (χ0) is 28.5. The van der Waals surface area contributed by atoms with E-state index in [9.17, 15) is 9.59 Å². The van der Waals surface area contributed by atoms with Crippen molar-refractivity contribution in [1.29, 1.82) is 0 Å². The van der Waals surface area contributed by atoms with Crippen molar-refractivity contribution in [3.05, 3.63) is 87.2 Å². The van der Waals surface area contributed by atoms with Crippen LogP contribution in [0.2, 0.25) is 0 Å². The summed E-state index contributed by atoms with van der Waals surface area (Å²) in [4.78, 5) is 28.7. The number of rotatable bonds is 11. The second-order valence-electron chi connectivity index (χ2n) is 8.43. The summed E-state index contributed by atoms with van der Waals surface area (Å²) in [6.45, 7) is 4.01. The first-order valence-electron chi connectivity index (χ1n) is 12.2. The molecule has 40 heavy (non-hydrogen) atoms. The van der Waals surface area contributed by atoms with E-state index in [1.807, 2.05) is 55.6 Å². The van der Waals surface area contributed by atoms with E-state index < -0.39 is 5.97 Å². The Labute approximate surface area is 244 Å². The van der Waals surface area contributed by atoms with Crippen LogP contribution in [0.1, 0.15) is 28.4 Å². The van der Waals surface area contributed by atoms with Crippen molar-refractivity contribution in [3.8, 4) is 22.8 Å². The van der Waals surface area contributed by atoms with E-state index in [4.69, 9.17) is 9.47 Å². The van der Waals surface area contributed by atoms with E-state index in [1.165, 1.54) is 30.2 Å². The molecule has 0 fully saturated rings. The van der Waals surface area contributed by atoms with Crippen molar-refractivity contribution in [2.45, 2.75) is 13.8 Å². The molecule has 0 aliphatic heterocycles. The maximum absolute atomic E-state index is 12.6. The molecule has 4 rings (SSSR count). The van der Waals surface area contributed by atoms with Gasteiger partial charge in [-0.15, -0.1) is 11.3 Å². The minimum Gasteiger partial charge on any atom is -0.490 e. The molecular formula is C29H27BrN4O5S. The summed E-state index contributed by atoms with van der Waals surface area (Å²) in [7, 11) is 1.29. The van der Waals surface area contributed by atoms with E-state index in [0.717, 1.165) is 22.1 Å². The van der Waals surface area contributed by atoms with Gasteiger partial charge in [-0.2, -0.15) is 5.10 Å². The van der Waals surface area contributed by atoms with Gasteiger partial charge in [0.05, 0.1) is 30.1 Å². The molecule has 1 amide bonds. The fraction of sp³-hybridized carbons (Fsp3) is 0.172. The molecule has 3 aromatic carbocycles. The molecule has 0 atom stereocenters. The molecule has 0 spiro atoms. The molecule has 1 heterocycles. The van der Waals surface area contributed by atoms with Crippen molar-refractivity contribution in [3.63, 3.8) is 0 Å². The Kier molecular flexibility index (Phi) is 9.87. The normalized spacial score (nSPS) is 10.8. The van der Waals surface area contributed by atoms with Gasteiger partial charge in [0.1, 0.15) is 0 Å². The van der Waals surface area contributed by atoms with Gasteiger partial charge in [-0.05, 0) is 71.7 Å². The summed E-state index contributed by atoms with van der Waals surface area (Å²) >= 11 is 4.94. The number of hydrogen-bond donors (Lipinski definition) is 2. The van der Waals surface area contributed by atoms with Crippen LogP contribution in [0, 0.1) is 6.92 Å². The van der Waals surface area contributed by atoms with Crippen LogP contribution in [0.5, 0.6) is 11.5 Å². The third-order valence-electron chi connectivity index (χ3n) is 5.52. The Morgan fingerprint density at radius 1 is 1.07 bits per heavy atom. The van der Waals surface area contributed by atoms with Crippen molar-refractivity contribution < 1.29 is 23.8 Å². The van der Waals surface area contributed by atoms with Crippen LogP contribution in [0.3, 0.4) is 0 Å². The van der Waals surface area contributed by atoms with Crippen molar-refractivity contribution in [1.82, 2.24) is 10.4 Å². The minimum absolute atomic E-state index is 0.259. The number of methoxy groups -OCH3 is 1. The number of aryl methyl sites for hydroxylation is 1. The summed E-state index contributed by atoms with van der Waals surface area (Å²) in [5.74, 6) is -0.0813. The van der Waals surface area contributed by atoms with Crippen molar-refractivity contribution in [2.75, 3.05) is 25.6 Å². The summed E-state index contributed by atoms with van der Waals surface area (Å²) in [6.07, 6.45) is 1.49. The molecule has 1 aromatic heterocycles. The highest BCUT2D eigenvalue weighted by atomic mass is 79.9. The number of anilines is 2. The number of nitrogens with zero attached hydrogens (tertiary/aromatic N) is 2. The molecule has 9 nitrogen and oxygen atoms in total. The molecule has 4 aromatic rings. The summed E-state index contributed by atoms with van der Waals surface area (Å²) in [6, 6.07) is 18.7. The maximum atomic E-state index is 12.6. The van der Waals surface area contributed by atoms with Crippen LogP contribution >= 0.6 is 27.3 Å². The monoisotopic (exact) mass is 622 g/mol. The van der Waals surface area contributed by atoms with Gasteiger partial charge in [-0.1, -0.05) is 29.8 Å². The third kappa shape index (κ3) is 7.67. The van der Waals surface area contributed by atoms with Crippen LogP contribution in [0.25, 0.3) is 11.3 Å². The van der Waals surface area contributed by atoms with Crippen LogP contribution in [0.4, 0.5) is 10.8 Å². The number of hydrogen-bond acceptors (Lipinski definition) is 9. The summed E-state index contributed by atoms with van der Waals surface area (Å²) < 4.78 is 16.3. The SMILES string of the molecule is CCOc1cc(/C=N\NC(=O)c2ccc(-c3csc(Nc4ccc(C)cc4)n3)cc2)cc(Br)c1OCC(=O)OC. The first-order chi connectivity index (χ1) is 19.4. The molecule has 0 saturated carbocycles. The highest BCUT2D eigenvalue weighted by Crippen LogP contribution is 2.36. The number of benzene rings is 3. The number of esters is 1. The van der Waals surface area contributed by atoms with Gasteiger partial charge in [0.15, 0.2) is 23.2 Å². The average molecular weight is 624 g/mol. The molecule has 0 radical (unpaired) electrons. The number of thiazole rings is 1. The van der Waals surface area contributed by atoms with Crippen LogP contribution < -0.4 is 20.2 Å². The number of aromatic nitrogens is 1.